The summed E-state index contributed by atoms with van der Waals surface area (Å²) in [5.74, 6) is 0.489. The van der Waals surface area contributed by atoms with Crippen molar-refractivity contribution < 1.29 is 13.2 Å². The molecule has 8 heteroatoms. The molecular formula is C19H30ClN3O3S. The Labute approximate surface area is 167 Å². The second kappa shape index (κ2) is 9.75. The normalized spacial score (nSPS) is 17.5. The number of amides is 1. The summed E-state index contributed by atoms with van der Waals surface area (Å²) in [6.07, 6.45) is 4.40. The van der Waals surface area contributed by atoms with E-state index in [1.54, 1.807) is 31.2 Å². The summed E-state index contributed by atoms with van der Waals surface area (Å²) >= 11 is 5.98. The van der Waals surface area contributed by atoms with Crippen LogP contribution >= 0.6 is 11.6 Å². The highest BCUT2D eigenvalue weighted by Gasteiger charge is 2.29. The molecule has 1 N–H and O–H groups in total. The summed E-state index contributed by atoms with van der Waals surface area (Å²) in [5, 5.41) is 3.28. The van der Waals surface area contributed by atoms with Crippen molar-refractivity contribution in [3.63, 3.8) is 0 Å². The van der Waals surface area contributed by atoms with E-state index < -0.39 is 16.1 Å². The number of halogens is 1. The fourth-order valence-corrected chi connectivity index (χ4v) is 4.72. The van der Waals surface area contributed by atoms with Crippen LogP contribution in [0.3, 0.4) is 0 Å². The van der Waals surface area contributed by atoms with Gasteiger partial charge < -0.3 is 10.2 Å². The number of carbonyl (C=O) groups is 1. The number of hydrogen-bond acceptors (Lipinski definition) is 4. The van der Waals surface area contributed by atoms with E-state index in [0.717, 1.165) is 42.5 Å². The van der Waals surface area contributed by atoms with E-state index >= 15 is 0 Å². The number of anilines is 1. The smallest absolute Gasteiger partial charge is 0.243 e. The molecule has 1 saturated heterocycles. The molecular weight excluding hydrogens is 386 g/mol. The van der Waals surface area contributed by atoms with Gasteiger partial charge in [0.1, 0.15) is 6.04 Å². The van der Waals surface area contributed by atoms with Gasteiger partial charge in [0.05, 0.1) is 11.9 Å². The van der Waals surface area contributed by atoms with Crippen LogP contribution in [0, 0.1) is 5.92 Å². The highest BCUT2D eigenvalue weighted by Crippen LogP contribution is 2.24. The van der Waals surface area contributed by atoms with Gasteiger partial charge in [-0.1, -0.05) is 24.6 Å². The number of hydrogen-bond donors (Lipinski definition) is 1. The van der Waals surface area contributed by atoms with E-state index in [4.69, 9.17) is 11.6 Å². The van der Waals surface area contributed by atoms with E-state index in [-0.39, 0.29) is 5.91 Å². The Kier molecular flexibility index (Phi) is 7.94. The SMILES string of the molecule is CC1CCN(CCCNC(=O)C(C)N(c2cccc(Cl)c2)S(C)(=O)=O)CC1. The van der Waals surface area contributed by atoms with Gasteiger partial charge in [0, 0.05) is 11.6 Å². The van der Waals surface area contributed by atoms with E-state index in [1.807, 2.05) is 0 Å². The average Bonchev–Trinajstić information content (AvgIpc) is 2.59. The number of likely N-dealkylation sites (tertiary alicyclic amines) is 1. The molecule has 1 heterocycles. The van der Waals surface area contributed by atoms with E-state index in [0.29, 0.717) is 17.3 Å². The average molecular weight is 416 g/mol. The minimum absolute atomic E-state index is 0.312. The molecule has 1 fully saturated rings. The fraction of sp³-hybridized carbons (Fsp3) is 0.632. The van der Waals surface area contributed by atoms with Gasteiger partial charge in [-0.15, -0.1) is 0 Å². The third-order valence-electron chi connectivity index (χ3n) is 4.98. The van der Waals surface area contributed by atoms with Gasteiger partial charge in [0.25, 0.3) is 0 Å². The van der Waals surface area contributed by atoms with Gasteiger partial charge in [0.2, 0.25) is 15.9 Å². The van der Waals surface area contributed by atoms with E-state index in [2.05, 4.69) is 17.1 Å². The molecule has 0 radical (unpaired) electrons. The van der Waals surface area contributed by atoms with Crippen LogP contribution in [0.5, 0.6) is 0 Å². The number of rotatable bonds is 8. The van der Waals surface area contributed by atoms with Crippen molar-refractivity contribution in [2.24, 2.45) is 5.92 Å². The van der Waals surface area contributed by atoms with Gasteiger partial charge in [-0.2, -0.15) is 0 Å². The first-order chi connectivity index (χ1) is 12.7. The monoisotopic (exact) mass is 415 g/mol. The molecule has 27 heavy (non-hydrogen) atoms. The molecule has 2 rings (SSSR count). The summed E-state index contributed by atoms with van der Waals surface area (Å²) in [6, 6.07) is 5.66. The quantitative estimate of drug-likeness (QED) is 0.663. The van der Waals surface area contributed by atoms with Crippen molar-refractivity contribution in [1.29, 1.82) is 0 Å². The zero-order valence-corrected chi connectivity index (χ0v) is 17.9. The summed E-state index contributed by atoms with van der Waals surface area (Å²) in [6.45, 7) is 7.58. The van der Waals surface area contributed by atoms with Crippen molar-refractivity contribution in [3.8, 4) is 0 Å². The van der Waals surface area contributed by atoms with Gasteiger partial charge in [-0.25, -0.2) is 8.42 Å². The zero-order chi connectivity index (χ0) is 20.0. The number of piperidine rings is 1. The third kappa shape index (κ3) is 6.66. The molecule has 1 unspecified atom stereocenters. The van der Waals surface area contributed by atoms with Crippen LogP contribution in [-0.2, 0) is 14.8 Å². The van der Waals surface area contributed by atoms with Crippen molar-refractivity contribution in [2.75, 3.05) is 36.7 Å². The maximum absolute atomic E-state index is 12.5. The second-order valence-corrected chi connectivity index (χ2v) is 9.68. The molecule has 1 aliphatic rings. The standard InChI is InChI=1S/C19H30ClN3O3S/c1-15-8-12-22(13-9-15)11-5-10-21-19(24)16(2)23(27(3,25)26)18-7-4-6-17(20)14-18/h4,6-7,14-16H,5,8-13H2,1-3H3,(H,21,24). The molecule has 0 aliphatic carbocycles. The Hall–Kier alpha value is -1.31. The van der Waals surface area contributed by atoms with Crippen LogP contribution < -0.4 is 9.62 Å². The first-order valence-electron chi connectivity index (χ1n) is 9.43. The number of benzene rings is 1. The molecule has 6 nitrogen and oxygen atoms in total. The third-order valence-corrected chi connectivity index (χ3v) is 6.45. The van der Waals surface area contributed by atoms with Crippen molar-refractivity contribution in [2.45, 2.75) is 39.2 Å². The molecule has 0 spiro atoms. The lowest BCUT2D eigenvalue weighted by Gasteiger charge is -2.30. The lowest BCUT2D eigenvalue weighted by molar-refractivity contribution is -0.121. The molecule has 1 aliphatic heterocycles. The topological polar surface area (TPSA) is 69.7 Å². The van der Waals surface area contributed by atoms with Crippen LogP contribution in [0.4, 0.5) is 5.69 Å². The first kappa shape index (κ1) is 22.0. The molecule has 1 aromatic carbocycles. The fourth-order valence-electron chi connectivity index (χ4n) is 3.37. The number of carbonyl (C=O) groups excluding carboxylic acids is 1. The molecule has 1 aromatic rings. The Morgan fingerprint density at radius 1 is 1.37 bits per heavy atom. The van der Waals surface area contributed by atoms with E-state index in [9.17, 15) is 13.2 Å². The Morgan fingerprint density at radius 3 is 2.63 bits per heavy atom. The van der Waals surface area contributed by atoms with Crippen LogP contribution in [0.1, 0.15) is 33.1 Å². The first-order valence-corrected chi connectivity index (χ1v) is 11.7. The highest BCUT2D eigenvalue weighted by molar-refractivity contribution is 7.92. The van der Waals surface area contributed by atoms with Gasteiger partial charge in [0.15, 0.2) is 0 Å². The number of nitrogens with one attached hydrogen (secondary N) is 1. The molecule has 0 aromatic heterocycles. The van der Waals surface area contributed by atoms with Crippen molar-refractivity contribution in [1.82, 2.24) is 10.2 Å². The summed E-state index contributed by atoms with van der Waals surface area (Å²) in [5.41, 5.74) is 0.384. The van der Waals surface area contributed by atoms with Crippen LogP contribution in [-0.4, -0.2) is 57.7 Å². The predicted octanol–water partition coefficient (Wildman–Crippen LogP) is 2.73. The largest absolute Gasteiger partial charge is 0.354 e. The lowest BCUT2D eigenvalue weighted by Crippen LogP contribution is -2.48. The van der Waals surface area contributed by atoms with Crippen molar-refractivity contribution >= 4 is 33.2 Å². The Balaban J connectivity index is 1.89. The summed E-state index contributed by atoms with van der Waals surface area (Å²) in [4.78, 5) is 14.9. The molecule has 0 saturated carbocycles. The highest BCUT2D eigenvalue weighted by atomic mass is 35.5. The minimum Gasteiger partial charge on any atom is -0.354 e. The van der Waals surface area contributed by atoms with Crippen LogP contribution in [0.2, 0.25) is 5.02 Å². The lowest BCUT2D eigenvalue weighted by atomic mass is 9.99. The minimum atomic E-state index is -3.63. The Bertz CT molecular complexity index is 733. The van der Waals surface area contributed by atoms with E-state index in [1.165, 1.54) is 12.8 Å². The van der Waals surface area contributed by atoms with Crippen LogP contribution in [0.25, 0.3) is 0 Å². The molecule has 0 bridgehead atoms. The molecule has 1 amide bonds. The maximum Gasteiger partial charge on any atom is 0.243 e. The number of sulfonamides is 1. The molecule has 1 atom stereocenters. The zero-order valence-electron chi connectivity index (χ0n) is 16.3. The maximum atomic E-state index is 12.5. The van der Waals surface area contributed by atoms with Gasteiger partial charge in [-0.05, 0) is 69.9 Å². The predicted molar refractivity (Wildman–Crippen MR) is 111 cm³/mol. The second-order valence-electron chi connectivity index (χ2n) is 7.38. The summed E-state index contributed by atoms with van der Waals surface area (Å²) in [7, 11) is -3.63. The Morgan fingerprint density at radius 2 is 2.04 bits per heavy atom. The van der Waals surface area contributed by atoms with Crippen molar-refractivity contribution in [3.05, 3.63) is 29.3 Å². The van der Waals surface area contributed by atoms with Crippen LogP contribution in [0.15, 0.2) is 24.3 Å². The number of nitrogens with zero attached hydrogens (tertiary/aromatic N) is 2. The molecule has 152 valence electrons. The van der Waals surface area contributed by atoms with Gasteiger partial charge >= 0.3 is 0 Å². The van der Waals surface area contributed by atoms with Gasteiger partial charge in [-0.3, -0.25) is 9.10 Å². The summed E-state index contributed by atoms with van der Waals surface area (Å²) < 4.78 is 25.6.